The van der Waals surface area contributed by atoms with E-state index in [-0.39, 0.29) is 26.3 Å². The van der Waals surface area contributed by atoms with Crippen LogP contribution in [0, 0.1) is 12.7 Å². The molecule has 0 atom stereocenters. The Morgan fingerprint density at radius 3 is 2.00 bits per heavy atom. The molecule has 0 saturated carbocycles. The minimum atomic E-state index is -4.79. The van der Waals surface area contributed by atoms with Crippen molar-refractivity contribution in [2.24, 2.45) is 0 Å². The van der Waals surface area contributed by atoms with Crippen LogP contribution in [0.4, 0.5) is 24.5 Å². The number of nitrogen functional groups attached to an aromatic ring is 1. The number of carbonyl (C=O) groups is 1. The molecule has 0 aliphatic carbocycles. The summed E-state index contributed by atoms with van der Waals surface area (Å²) in [7, 11) is -9.58. The van der Waals surface area contributed by atoms with Crippen molar-refractivity contribution in [3.8, 4) is 11.5 Å². The van der Waals surface area contributed by atoms with Gasteiger partial charge in [0, 0.05) is 16.8 Å². The number of nitrogens with zero attached hydrogens (tertiary/aromatic N) is 1. The lowest BCUT2D eigenvalue weighted by Gasteiger charge is -2.28. The van der Waals surface area contributed by atoms with Crippen LogP contribution in [0.1, 0.15) is 55.1 Å². The zero-order valence-corrected chi connectivity index (χ0v) is 24.1. The molecule has 15 heteroatoms. The molecule has 0 fully saturated rings. The first kappa shape index (κ1) is 32.5. The second-order valence-electron chi connectivity index (χ2n) is 9.62. The molecular weight excluding hydrogens is 585 g/mol. The molecule has 0 spiro atoms. The number of alkyl halides is 2. The van der Waals surface area contributed by atoms with Gasteiger partial charge in [0.15, 0.2) is 11.6 Å². The Morgan fingerprint density at radius 1 is 1.05 bits per heavy atom. The van der Waals surface area contributed by atoms with E-state index in [1.165, 1.54) is 13.0 Å². The highest BCUT2D eigenvalue weighted by Crippen LogP contribution is 2.46. The van der Waals surface area contributed by atoms with E-state index in [1.54, 1.807) is 20.8 Å². The number of carboxylic acids is 1. The molecule has 0 unspecified atom stereocenters. The van der Waals surface area contributed by atoms with Gasteiger partial charge in [-0.3, -0.25) is 8.78 Å². The summed E-state index contributed by atoms with van der Waals surface area (Å²) in [6, 6.07) is 2.84. The number of nitrogens with two attached hydrogens (primary N) is 1. The summed E-state index contributed by atoms with van der Waals surface area (Å²) in [6.45, 7) is 4.48. The fraction of sp³-hybridized carbons (Fsp3) is 0.458. The normalized spacial score (nSPS) is 12.4. The van der Waals surface area contributed by atoms with Crippen LogP contribution in [0.5, 0.6) is 11.5 Å². The van der Waals surface area contributed by atoms with Crippen LogP contribution in [0.3, 0.4) is 0 Å². The van der Waals surface area contributed by atoms with Crippen LogP contribution in [-0.4, -0.2) is 52.8 Å². The van der Waals surface area contributed by atoms with Crippen molar-refractivity contribution < 1.29 is 44.6 Å². The molecule has 0 amide bonds. The maximum atomic E-state index is 15.1. The third kappa shape index (κ3) is 7.09. The maximum Gasteiger partial charge on any atom is 0.338 e. The molecule has 3 N–H and O–H groups in total. The van der Waals surface area contributed by atoms with Gasteiger partial charge in [-0.1, -0.05) is 32.4 Å². The van der Waals surface area contributed by atoms with Crippen LogP contribution in [0.2, 0.25) is 5.02 Å². The molecule has 0 bridgehead atoms. The first-order valence-electron chi connectivity index (χ1n) is 11.6. The number of hydrogen-bond donors (Lipinski definition) is 2. The molecule has 2 rings (SSSR count). The van der Waals surface area contributed by atoms with Gasteiger partial charge in [-0.05, 0) is 43.4 Å². The van der Waals surface area contributed by atoms with Gasteiger partial charge in [0.25, 0.3) is 0 Å². The van der Waals surface area contributed by atoms with Crippen LogP contribution < -0.4 is 14.2 Å². The van der Waals surface area contributed by atoms with Gasteiger partial charge in [0.1, 0.15) is 10.8 Å². The molecule has 39 heavy (non-hydrogen) atoms. The van der Waals surface area contributed by atoms with Gasteiger partial charge in [-0.25, -0.2) is 26.0 Å². The Labute approximate surface area is 230 Å². The highest BCUT2D eigenvalue weighted by molar-refractivity contribution is 8.10. The first-order chi connectivity index (χ1) is 17.9. The highest BCUT2D eigenvalue weighted by atomic mass is 35.5. The molecule has 0 radical (unpaired) electrons. The molecule has 0 saturated heterocycles. The van der Waals surface area contributed by atoms with Crippen molar-refractivity contribution in [3.05, 3.63) is 45.7 Å². The van der Waals surface area contributed by atoms with Gasteiger partial charge in [-0.15, -0.1) is 0 Å². The quantitative estimate of drug-likeness (QED) is 0.305. The predicted molar refractivity (Wildman–Crippen MR) is 144 cm³/mol. The van der Waals surface area contributed by atoms with E-state index in [9.17, 15) is 35.5 Å². The van der Waals surface area contributed by atoms with Crippen molar-refractivity contribution in [2.45, 2.75) is 46.0 Å². The number of sulfonamides is 2. The minimum absolute atomic E-state index is 0.0104. The lowest BCUT2D eigenvalue weighted by atomic mass is 9.83. The highest BCUT2D eigenvalue weighted by Gasteiger charge is 2.37. The van der Waals surface area contributed by atoms with Crippen LogP contribution in [0.15, 0.2) is 18.2 Å². The summed E-state index contributed by atoms with van der Waals surface area (Å²) >= 11 is 6.37. The van der Waals surface area contributed by atoms with Gasteiger partial charge < -0.3 is 15.6 Å². The summed E-state index contributed by atoms with van der Waals surface area (Å²) in [6.07, 6.45) is -1.09. The Morgan fingerprint density at radius 2 is 1.56 bits per heavy atom. The van der Waals surface area contributed by atoms with E-state index in [1.807, 2.05) is 0 Å². The van der Waals surface area contributed by atoms with E-state index < -0.39 is 91.4 Å². The van der Waals surface area contributed by atoms with Crippen molar-refractivity contribution in [1.29, 1.82) is 0 Å². The Bertz CT molecular complexity index is 1420. The van der Waals surface area contributed by atoms with Crippen molar-refractivity contribution in [2.75, 3.05) is 34.3 Å². The molecule has 9 nitrogen and oxygen atoms in total. The summed E-state index contributed by atoms with van der Waals surface area (Å²) in [5.41, 5.74) is 4.46. The van der Waals surface area contributed by atoms with Crippen molar-refractivity contribution in [3.63, 3.8) is 0 Å². The van der Waals surface area contributed by atoms with Gasteiger partial charge >= 0.3 is 5.97 Å². The predicted octanol–water partition coefficient (Wildman–Crippen LogP) is 5.34. The van der Waals surface area contributed by atoms with E-state index in [0.29, 0.717) is 11.6 Å². The SMILES string of the molecule is Cc1c(Oc2c(F)ccc(N(S(=O)(=O)CCCF)S(=O)(=O)CCCF)c2Cl)c(C(C)(C)C)cc(N)c1C(=O)O. The summed E-state index contributed by atoms with van der Waals surface area (Å²) < 4.78 is 98.5. The first-order valence-corrected chi connectivity index (χ1v) is 15.2. The molecule has 2 aromatic rings. The van der Waals surface area contributed by atoms with Crippen LogP contribution in [0.25, 0.3) is 0 Å². The average Bonchev–Trinajstić information content (AvgIpc) is 2.80. The average molecular weight is 615 g/mol. The molecule has 0 aliphatic heterocycles. The molecule has 218 valence electrons. The van der Waals surface area contributed by atoms with E-state index in [4.69, 9.17) is 22.1 Å². The van der Waals surface area contributed by atoms with Gasteiger partial charge in [0.2, 0.25) is 20.0 Å². The summed E-state index contributed by atoms with van der Waals surface area (Å²) in [5.74, 6) is -5.32. The Hall–Kier alpha value is -2.71. The smallest absolute Gasteiger partial charge is 0.338 e. The third-order valence-corrected chi connectivity index (χ3v) is 10.3. The second kappa shape index (κ2) is 12.2. The number of anilines is 2. The number of rotatable bonds is 12. The van der Waals surface area contributed by atoms with E-state index in [2.05, 4.69) is 0 Å². The summed E-state index contributed by atoms with van der Waals surface area (Å²) in [5, 5.41) is 8.87. The van der Waals surface area contributed by atoms with E-state index in [0.717, 1.165) is 6.07 Å². The number of halogens is 4. The summed E-state index contributed by atoms with van der Waals surface area (Å²) in [4.78, 5) is 11.8. The molecule has 0 aromatic heterocycles. The van der Waals surface area contributed by atoms with E-state index >= 15 is 4.39 Å². The monoisotopic (exact) mass is 614 g/mol. The Balaban J connectivity index is 2.87. The lowest BCUT2D eigenvalue weighted by molar-refractivity contribution is 0.0696. The lowest BCUT2D eigenvalue weighted by Crippen LogP contribution is -2.40. The van der Waals surface area contributed by atoms with Crippen molar-refractivity contribution in [1.82, 2.24) is 0 Å². The standard InChI is InChI=1S/C24H30ClF3N2O7S2/c1-14-19(23(31)32)17(29)13-15(24(2,3)4)21(14)37-22-16(28)7-8-18(20(22)25)30(38(33,34)11-5-9-26)39(35,36)12-6-10-27/h7-8,13H,5-6,9-12,29H2,1-4H3,(H,31,32). The Kier molecular flexibility index (Phi) is 10.2. The largest absolute Gasteiger partial charge is 0.478 e. The maximum absolute atomic E-state index is 15.1. The zero-order chi connectivity index (χ0) is 29.9. The topological polar surface area (TPSA) is 144 Å². The zero-order valence-electron chi connectivity index (χ0n) is 21.7. The number of ether oxygens (including phenoxy) is 1. The van der Waals surface area contributed by atoms with Gasteiger partial charge in [-0.2, -0.15) is 3.71 Å². The number of aromatic carboxylic acids is 1. The molecule has 0 heterocycles. The fourth-order valence-corrected chi connectivity index (χ4v) is 8.16. The molecule has 2 aromatic carbocycles. The van der Waals surface area contributed by atoms with Crippen LogP contribution in [-0.2, 0) is 25.5 Å². The minimum Gasteiger partial charge on any atom is -0.478 e. The second-order valence-corrected chi connectivity index (χ2v) is 14.1. The molecule has 0 aliphatic rings. The van der Waals surface area contributed by atoms with Crippen molar-refractivity contribution >= 4 is 49.0 Å². The third-order valence-electron chi connectivity index (χ3n) is 5.58. The number of hydrogen-bond acceptors (Lipinski definition) is 7. The number of benzene rings is 2. The fourth-order valence-electron chi connectivity index (χ4n) is 3.77. The molecular formula is C24H30ClF3N2O7S2. The number of carboxylic acid groups (broad SMARTS) is 1. The van der Waals surface area contributed by atoms with Crippen LogP contribution >= 0.6 is 11.6 Å². The van der Waals surface area contributed by atoms with Gasteiger partial charge in [0.05, 0.1) is 36.1 Å².